The van der Waals surface area contributed by atoms with Gasteiger partial charge in [-0.15, -0.1) is 10.2 Å². The highest BCUT2D eigenvalue weighted by Gasteiger charge is 2.17. The van der Waals surface area contributed by atoms with E-state index in [0.717, 1.165) is 33.3 Å². The molecule has 0 aliphatic heterocycles. The number of thioether (sulfide) groups is 1. The summed E-state index contributed by atoms with van der Waals surface area (Å²) in [5.74, 6) is 0.755. The Bertz CT molecular complexity index is 1100. The summed E-state index contributed by atoms with van der Waals surface area (Å²) in [6.45, 7) is 3.93. The molecule has 0 radical (unpaired) electrons. The minimum atomic E-state index is 0.0419. The van der Waals surface area contributed by atoms with E-state index >= 15 is 0 Å². The number of para-hydroxylation sites is 1. The van der Waals surface area contributed by atoms with Gasteiger partial charge in [0.05, 0.1) is 5.75 Å². The van der Waals surface area contributed by atoms with E-state index in [9.17, 15) is 4.79 Å². The van der Waals surface area contributed by atoms with Gasteiger partial charge in [0.2, 0.25) is 5.89 Å². The molecule has 4 aromatic rings. The van der Waals surface area contributed by atoms with Crippen LogP contribution < -0.4 is 0 Å². The van der Waals surface area contributed by atoms with Gasteiger partial charge in [-0.3, -0.25) is 4.79 Å². The lowest BCUT2D eigenvalue weighted by molar-refractivity contribution is 0.102. The summed E-state index contributed by atoms with van der Waals surface area (Å²) >= 11 is 1.26. The maximum absolute atomic E-state index is 12.7. The molecule has 6 heteroatoms. The van der Waals surface area contributed by atoms with Crippen LogP contribution in [-0.4, -0.2) is 26.7 Å². The van der Waals surface area contributed by atoms with E-state index in [1.807, 2.05) is 62.4 Å². The number of H-pyrrole nitrogens is 1. The molecule has 0 aliphatic rings. The van der Waals surface area contributed by atoms with Crippen molar-refractivity contribution in [2.45, 2.75) is 19.1 Å². The molecule has 0 bridgehead atoms. The third kappa shape index (κ3) is 3.15. The molecular weight excluding hydrogens is 346 g/mol. The first-order valence-corrected chi connectivity index (χ1v) is 9.24. The van der Waals surface area contributed by atoms with Crippen LogP contribution in [0.15, 0.2) is 58.2 Å². The normalized spacial score (nSPS) is 11.2. The number of aromatic nitrogens is 3. The molecule has 0 saturated carbocycles. The van der Waals surface area contributed by atoms with Crippen LogP contribution in [0.1, 0.15) is 21.6 Å². The Morgan fingerprint density at radius 3 is 2.81 bits per heavy atom. The summed E-state index contributed by atoms with van der Waals surface area (Å²) < 4.78 is 5.69. The third-order valence-corrected chi connectivity index (χ3v) is 4.99. The quantitative estimate of drug-likeness (QED) is 0.407. The molecule has 26 heavy (non-hydrogen) atoms. The monoisotopic (exact) mass is 363 g/mol. The molecule has 0 unspecified atom stereocenters. The number of fused-ring (bicyclic) bond motifs is 1. The van der Waals surface area contributed by atoms with Gasteiger partial charge in [0.1, 0.15) is 0 Å². The van der Waals surface area contributed by atoms with Crippen molar-refractivity contribution in [2.75, 3.05) is 5.75 Å². The SMILES string of the molecule is Cc1cccc(-c2nnc(SCC(=O)c3c(C)[nH]c4ccccc34)o2)c1. The molecule has 0 amide bonds. The zero-order valence-corrected chi connectivity index (χ0v) is 15.3. The number of hydrogen-bond acceptors (Lipinski definition) is 5. The molecule has 2 aromatic carbocycles. The summed E-state index contributed by atoms with van der Waals surface area (Å²) in [5, 5.41) is 9.47. The molecule has 1 N–H and O–H groups in total. The van der Waals surface area contributed by atoms with Gasteiger partial charge in [-0.2, -0.15) is 0 Å². The molecule has 5 nitrogen and oxygen atoms in total. The van der Waals surface area contributed by atoms with Crippen molar-refractivity contribution in [3.63, 3.8) is 0 Å². The highest BCUT2D eigenvalue weighted by Crippen LogP contribution is 2.27. The minimum absolute atomic E-state index is 0.0419. The number of nitrogens with zero attached hydrogens (tertiary/aromatic N) is 2. The lowest BCUT2D eigenvalue weighted by atomic mass is 10.1. The number of carbonyl (C=O) groups is 1. The molecule has 2 aromatic heterocycles. The predicted octanol–water partition coefficient (Wildman–Crippen LogP) is 4.81. The average Bonchev–Trinajstić information content (AvgIpc) is 3.23. The van der Waals surface area contributed by atoms with Gasteiger partial charge in [-0.25, -0.2) is 0 Å². The smallest absolute Gasteiger partial charge is 0.277 e. The first-order valence-electron chi connectivity index (χ1n) is 8.25. The third-order valence-electron chi connectivity index (χ3n) is 4.17. The van der Waals surface area contributed by atoms with E-state index < -0.39 is 0 Å². The maximum atomic E-state index is 12.7. The van der Waals surface area contributed by atoms with Crippen LogP contribution in [0.5, 0.6) is 0 Å². The predicted molar refractivity (Wildman–Crippen MR) is 103 cm³/mol. The second-order valence-corrected chi connectivity index (χ2v) is 7.05. The van der Waals surface area contributed by atoms with Gasteiger partial charge in [-0.1, -0.05) is 47.7 Å². The second-order valence-electron chi connectivity index (χ2n) is 6.13. The van der Waals surface area contributed by atoms with Crippen LogP contribution in [0.25, 0.3) is 22.4 Å². The average molecular weight is 363 g/mol. The van der Waals surface area contributed by atoms with E-state index in [1.165, 1.54) is 11.8 Å². The number of carbonyl (C=O) groups excluding carboxylic acids is 1. The Morgan fingerprint density at radius 2 is 1.96 bits per heavy atom. The van der Waals surface area contributed by atoms with Crippen LogP contribution in [0.3, 0.4) is 0 Å². The number of ketones is 1. The number of hydrogen-bond donors (Lipinski definition) is 1. The second kappa shape index (κ2) is 6.80. The van der Waals surface area contributed by atoms with Crippen LogP contribution >= 0.6 is 11.8 Å². The number of rotatable bonds is 5. The summed E-state index contributed by atoms with van der Waals surface area (Å²) in [5.41, 5.74) is 4.58. The van der Waals surface area contributed by atoms with E-state index in [-0.39, 0.29) is 11.5 Å². The first kappa shape index (κ1) is 16.6. The molecule has 0 aliphatic carbocycles. The highest BCUT2D eigenvalue weighted by atomic mass is 32.2. The van der Waals surface area contributed by atoms with Crippen molar-refractivity contribution in [1.29, 1.82) is 0 Å². The molecule has 0 saturated heterocycles. The number of benzene rings is 2. The number of nitrogens with one attached hydrogen (secondary N) is 1. The van der Waals surface area contributed by atoms with Gasteiger partial charge >= 0.3 is 0 Å². The summed E-state index contributed by atoms with van der Waals surface area (Å²) in [4.78, 5) is 16.0. The minimum Gasteiger partial charge on any atom is -0.411 e. The Hall–Kier alpha value is -2.86. The fraction of sp³-hybridized carbons (Fsp3) is 0.150. The Balaban J connectivity index is 1.51. The van der Waals surface area contributed by atoms with E-state index in [0.29, 0.717) is 11.1 Å². The van der Waals surface area contributed by atoms with Crippen LogP contribution in [0.2, 0.25) is 0 Å². The highest BCUT2D eigenvalue weighted by molar-refractivity contribution is 7.99. The molecular formula is C20H17N3O2S. The van der Waals surface area contributed by atoms with Gasteiger partial charge < -0.3 is 9.40 Å². The number of Topliss-reactive ketones (excluding diaryl/α,β-unsaturated/α-hetero) is 1. The van der Waals surface area contributed by atoms with Crippen molar-refractivity contribution in [2.24, 2.45) is 0 Å². The topological polar surface area (TPSA) is 71.8 Å². The van der Waals surface area contributed by atoms with Crippen molar-refractivity contribution in [3.8, 4) is 11.5 Å². The van der Waals surface area contributed by atoms with Crippen molar-refractivity contribution in [3.05, 3.63) is 65.4 Å². The fourth-order valence-corrected chi connectivity index (χ4v) is 3.63. The van der Waals surface area contributed by atoms with Gasteiger partial charge in [0.15, 0.2) is 5.78 Å². The van der Waals surface area contributed by atoms with E-state index in [1.54, 1.807) is 0 Å². The number of aromatic amines is 1. The van der Waals surface area contributed by atoms with Crippen molar-refractivity contribution < 1.29 is 9.21 Å². The molecule has 130 valence electrons. The standard InChI is InChI=1S/C20H17N3O2S/c1-12-6-5-7-14(10-12)19-22-23-20(25-19)26-11-17(24)18-13(2)21-16-9-4-3-8-15(16)18/h3-10,21H,11H2,1-2H3. The zero-order valence-electron chi connectivity index (χ0n) is 14.4. The van der Waals surface area contributed by atoms with E-state index in [2.05, 4.69) is 15.2 Å². The Labute approximate surface area is 154 Å². The van der Waals surface area contributed by atoms with Gasteiger partial charge in [0, 0.05) is 27.7 Å². The Morgan fingerprint density at radius 1 is 1.12 bits per heavy atom. The molecule has 0 spiro atoms. The van der Waals surface area contributed by atoms with Crippen molar-refractivity contribution >= 4 is 28.4 Å². The molecule has 2 heterocycles. The Kier molecular flexibility index (Phi) is 4.34. The maximum Gasteiger partial charge on any atom is 0.277 e. The molecule has 4 rings (SSSR count). The lowest BCUT2D eigenvalue weighted by Crippen LogP contribution is -2.03. The molecule has 0 atom stereocenters. The van der Waals surface area contributed by atoms with Crippen LogP contribution in [-0.2, 0) is 0 Å². The summed E-state index contributed by atoms with van der Waals surface area (Å²) in [6, 6.07) is 15.7. The lowest BCUT2D eigenvalue weighted by Gasteiger charge is -1.99. The number of aryl methyl sites for hydroxylation is 2. The van der Waals surface area contributed by atoms with Gasteiger partial charge in [-0.05, 0) is 32.0 Å². The fourth-order valence-electron chi connectivity index (χ4n) is 3.00. The van der Waals surface area contributed by atoms with Gasteiger partial charge in [0.25, 0.3) is 5.22 Å². The molecule has 0 fully saturated rings. The van der Waals surface area contributed by atoms with Crippen molar-refractivity contribution in [1.82, 2.24) is 15.2 Å². The van der Waals surface area contributed by atoms with Crippen LogP contribution in [0, 0.1) is 13.8 Å². The first-order chi connectivity index (χ1) is 12.6. The summed E-state index contributed by atoms with van der Waals surface area (Å²) in [6.07, 6.45) is 0. The zero-order chi connectivity index (χ0) is 18.1. The summed E-state index contributed by atoms with van der Waals surface area (Å²) in [7, 11) is 0. The largest absolute Gasteiger partial charge is 0.411 e. The van der Waals surface area contributed by atoms with Crippen LogP contribution in [0.4, 0.5) is 0 Å². The van der Waals surface area contributed by atoms with E-state index in [4.69, 9.17) is 4.42 Å².